The Morgan fingerprint density at radius 1 is 1.24 bits per heavy atom. The van der Waals surface area contributed by atoms with E-state index in [1.165, 1.54) is 5.56 Å². The lowest BCUT2D eigenvalue weighted by atomic mass is 9.91. The second kappa shape index (κ2) is 5.97. The van der Waals surface area contributed by atoms with Crippen LogP contribution in [-0.4, -0.2) is 23.8 Å². The molecule has 0 amide bonds. The van der Waals surface area contributed by atoms with Gasteiger partial charge in [0, 0.05) is 18.9 Å². The van der Waals surface area contributed by atoms with Crippen LogP contribution in [0.5, 0.6) is 0 Å². The Kier molecular flexibility index (Phi) is 4.32. The molecule has 1 aromatic rings. The third kappa shape index (κ3) is 3.40. The van der Waals surface area contributed by atoms with Gasteiger partial charge in [0.05, 0.1) is 0 Å². The summed E-state index contributed by atoms with van der Waals surface area (Å²) in [5.41, 5.74) is 1.37. The van der Waals surface area contributed by atoms with Crippen LogP contribution in [0.4, 0.5) is 0 Å². The summed E-state index contributed by atoms with van der Waals surface area (Å²) >= 11 is 0. The molecule has 1 aromatic carbocycles. The largest absolute Gasteiger partial charge is 0.299 e. The van der Waals surface area contributed by atoms with Gasteiger partial charge in [-0.05, 0) is 31.5 Å². The fourth-order valence-electron chi connectivity index (χ4n) is 2.54. The third-order valence-electron chi connectivity index (χ3n) is 3.64. The Bertz CT molecular complexity index is 352. The standard InChI is InChI=1S/C15H21NO/c1-2-15(17)14-8-10-16(11-9-14)12-13-6-4-3-5-7-13/h3-7,14H,2,8-12H2,1H3. The zero-order valence-electron chi connectivity index (χ0n) is 10.6. The second-order valence-electron chi connectivity index (χ2n) is 4.86. The molecule has 1 aliphatic heterocycles. The Labute approximate surface area is 104 Å². The molecule has 0 aliphatic carbocycles. The molecule has 0 atom stereocenters. The average Bonchev–Trinajstić information content (AvgIpc) is 2.40. The summed E-state index contributed by atoms with van der Waals surface area (Å²) in [6, 6.07) is 10.6. The van der Waals surface area contributed by atoms with Gasteiger partial charge in [0.1, 0.15) is 5.78 Å². The number of rotatable bonds is 4. The Morgan fingerprint density at radius 2 is 1.88 bits per heavy atom. The quantitative estimate of drug-likeness (QED) is 0.794. The number of Topliss-reactive ketones (excluding diaryl/α,β-unsaturated/α-hetero) is 1. The summed E-state index contributed by atoms with van der Waals surface area (Å²) < 4.78 is 0. The van der Waals surface area contributed by atoms with Crippen molar-refractivity contribution in [2.75, 3.05) is 13.1 Å². The molecule has 92 valence electrons. The number of likely N-dealkylation sites (tertiary alicyclic amines) is 1. The fraction of sp³-hybridized carbons (Fsp3) is 0.533. The van der Waals surface area contributed by atoms with Gasteiger partial charge in [-0.3, -0.25) is 9.69 Å². The zero-order chi connectivity index (χ0) is 12.1. The van der Waals surface area contributed by atoms with Crippen molar-refractivity contribution in [1.29, 1.82) is 0 Å². The molecule has 0 bridgehead atoms. The first-order valence-electron chi connectivity index (χ1n) is 6.58. The summed E-state index contributed by atoms with van der Waals surface area (Å²) in [7, 11) is 0. The number of carbonyl (C=O) groups excluding carboxylic acids is 1. The van der Waals surface area contributed by atoms with Gasteiger partial charge in [-0.15, -0.1) is 0 Å². The lowest BCUT2D eigenvalue weighted by molar-refractivity contribution is -0.124. The molecular formula is C15H21NO. The molecule has 1 fully saturated rings. The summed E-state index contributed by atoms with van der Waals surface area (Å²) in [5, 5.41) is 0. The van der Waals surface area contributed by atoms with E-state index >= 15 is 0 Å². The molecule has 2 heteroatoms. The van der Waals surface area contributed by atoms with Crippen LogP contribution in [0.25, 0.3) is 0 Å². The number of nitrogens with zero attached hydrogens (tertiary/aromatic N) is 1. The Morgan fingerprint density at radius 3 is 2.47 bits per heavy atom. The highest BCUT2D eigenvalue weighted by molar-refractivity contribution is 5.80. The predicted octanol–water partition coefficient (Wildman–Crippen LogP) is 2.88. The van der Waals surface area contributed by atoms with Crippen molar-refractivity contribution >= 4 is 5.78 Å². The van der Waals surface area contributed by atoms with Gasteiger partial charge in [0.2, 0.25) is 0 Å². The Hall–Kier alpha value is -1.15. The SMILES string of the molecule is CCC(=O)C1CCN(Cc2ccccc2)CC1. The maximum atomic E-state index is 11.6. The molecule has 1 aliphatic rings. The van der Waals surface area contributed by atoms with E-state index in [2.05, 4.69) is 35.2 Å². The molecule has 0 unspecified atom stereocenters. The van der Waals surface area contributed by atoms with Crippen molar-refractivity contribution in [3.05, 3.63) is 35.9 Å². The molecule has 2 nitrogen and oxygen atoms in total. The molecule has 0 aromatic heterocycles. The van der Waals surface area contributed by atoms with Crippen LogP contribution in [0.15, 0.2) is 30.3 Å². The van der Waals surface area contributed by atoms with Gasteiger partial charge in [0.15, 0.2) is 0 Å². The van der Waals surface area contributed by atoms with E-state index in [4.69, 9.17) is 0 Å². The molecule has 1 heterocycles. The van der Waals surface area contributed by atoms with Gasteiger partial charge in [-0.1, -0.05) is 37.3 Å². The average molecular weight is 231 g/mol. The van der Waals surface area contributed by atoms with E-state index in [-0.39, 0.29) is 0 Å². The monoisotopic (exact) mass is 231 g/mol. The summed E-state index contributed by atoms with van der Waals surface area (Å²) in [5.74, 6) is 0.774. The highest BCUT2D eigenvalue weighted by Gasteiger charge is 2.23. The first kappa shape index (κ1) is 12.3. The highest BCUT2D eigenvalue weighted by atomic mass is 16.1. The van der Waals surface area contributed by atoms with Gasteiger partial charge in [-0.25, -0.2) is 0 Å². The minimum absolute atomic E-state index is 0.326. The van der Waals surface area contributed by atoms with Crippen LogP contribution < -0.4 is 0 Å². The van der Waals surface area contributed by atoms with Crippen molar-refractivity contribution in [2.45, 2.75) is 32.7 Å². The minimum atomic E-state index is 0.326. The number of benzene rings is 1. The number of hydrogen-bond acceptors (Lipinski definition) is 2. The minimum Gasteiger partial charge on any atom is -0.299 e. The molecule has 2 rings (SSSR count). The summed E-state index contributed by atoms with van der Waals surface area (Å²) in [6.07, 6.45) is 2.78. The van der Waals surface area contributed by atoms with Crippen LogP contribution in [0.3, 0.4) is 0 Å². The lowest BCUT2D eigenvalue weighted by Crippen LogP contribution is -2.35. The molecule has 17 heavy (non-hydrogen) atoms. The zero-order valence-corrected chi connectivity index (χ0v) is 10.6. The molecule has 0 spiro atoms. The van der Waals surface area contributed by atoms with Gasteiger partial charge < -0.3 is 0 Å². The maximum Gasteiger partial charge on any atom is 0.135 e. The van der Waals surface area contributed by atoms with Gasteiger partial charge >= 0.3 is 0 Å². The molecule has 0 N–H and O–H groups in total. The molecular weight excluding hydrogens is 210 g/mol. The number of piperidine rings is 1. The maximum absolute atomic E-state index is 11.6. The van der Waals surface area contributed by atoms with Crippen LogP contribution in [0.1, 0.15) is 31.7 Å². The summed E-state index contributed by atoms with van der Waals surface area (Å²) in [4.78, 5) is 14.1. The predicted molar refractivity (Wildman–Crippen MR) is 69.7 cm³/mol. The van der Waals surface area contributed by atoms with Crippen molar-refractivity contribution < 1.29 is 4.79 Å². The van der Waals surface area contributed by atoms with Crippen molar-refractivity contribution in [3.8, 4) is 0 Å². The van der Waals surface area contributed by atoms with E-state index in [1.807, 2.05) is 6.92 Å². The number of hydrogen-bond donors (Lipinski definition) is 0. The van der Waals surface area contributed by atoms with Crippen molar-refractivity contribution in [3.63, 3.8) is 0 Å². The smallest absolute Gasteiger partial charge is 0.135 e. The molecule has 0 saturated carbocycles. The normalized spacial score (nSPS) is 18.2. The molecule has 0 radical (unpaired) electrons. The first-order chi connectivity index (χ1) is 8.29. The third-order valence-corrected chi connectivity index (χ3v) is 3.64. The van der Waals surface area contributed by atoms with Crippen LogP contribution in [0, 0.1) is 5.92 Å². The van der Waals surface area contributed by atoms with E-state index < -0.39 is 0 Å². The van der Waals surface area contributed by atoms with E-state index in [0.29, 0.717) is 18.1 Å². The Balaban J connectivity index is 1.82. The van der Waals surface area contributed by atoms with Crippen molar-refractivity contribution in [1.82, 2.24) is 4.90 Å². The van der Waals surface area contributed by atoms with E-state index in [9.17, 15) is 4.79 Å². The lowest BCUT2D eigenvalue weighted by Gasteiger charge is -2.31. The highest BCUT2D eigenvalue weighted by Crippen LogP contribution is 2.20. The fourth-order valence-corrected chi connectivity index (χ4v) is 2.54. The van der Waals surface area contributed by atoms with Gasteiger partial charge in [0.25, 0.3) is 0 Å². The second-order valence-corrected chi connectivity index (χ2v) is 4.86. The van der Waals surface area contributed by atoms with Crippen molar-refractivity contribution in [2.24, 2.45) is 5.92 Å². The van der Waals surface area contributed by atoms with Crippen LogP contribution in [-0.2, 0) is 11.3 Å². The van der Waals surface area contributed by atoms with E-state index in [0.717, 1.165) is 32.5 Å². The summed E-state index contributed by atoms with van der Waals surface area (Å²) in [6.45, 7) is 5.11. The van der Waals surface area contributed by atoms with E-state index in [1.54, 1.807) is 0 Å². The molecule has 1 saturated heterocycles. The number of ketones is 1. The van der Waals surface area contributed by atoms with Crippen LogP contribution >= 0.6 is 0 Å². The van der Waals surface area contributed by atoms with Crippen LogP contribution in [0.2, 0.25) is 0 Å². The first-order valence-corrected chi connectivity index (χ1v) is 6.58. The number of carbonyl (C=O) groups is 1. The topological polar surface area (TPSA) is 20.3 Å². The van der Waals surface area contributed by atoms with Gasteiger partial charge in [-0.2, -0.15) is 0 Å².